The zero-order valence-corrected chi connectivity index (χ0v) is 7.52. The third-order valence-corrected chi connectivity index (χ3v) is 1.09. The number of likely N-dealkylation sites (N-methyl/N-ethyl adjacent to an activating group) is 1. The maximum absolute atomic E-state index is 10.9. The van der Waals surface area contributed by atoms with Crippen molar-refractivity contribution in [2.24, 2.45) is 5.73 Å². The fourth-order valence-electron chi connectivity index (χ4n) is 0.543. The molecule has 8 nitrogen and oxygen atoms in total. The summed E-state index contributed by atoms with van der Waals surface area (Å²) in [5, 5.41) is 8.15. The quantitative estimate of drug-likeness (QED) is 0.454. The van der Waals surface area contributed by atoms with Crippen molar-refractivity contribution >= 4 is 17.9 Å². The Kier molecular flexibility index (Phi) is 5.00. The number of carboxylic acids is 1. The lowest BCUT2D eigenvalue weighted by Gasteiger charge is -2.14. The van der Waals surface area contributed by atoms with Crippen molar-refractivity contribution in [3.05, 3.63) is 0 Å². The first-order chi connectivity index (χ1) is 6.43. The van der Waals surface area contributed by atoms with Gasteiger partial charge in [0.15, 0.2) is 6.61 Å². The van der Waals surface area contributed by atoms with Crippen molar-refractivity contribution < 1.29 is 24.3 Å². The van der Waals surface area contributed by atoms with Crippen LogP contribution in [-0.2, 0) is 14.4 Å². The normalized spacial score (nSPS) is 9.21. The predicted octanol–water partition coefficient (Wildman–Crippen LogP) is -1.87. The monoisotopic (exact) mass is 205 g/mol. The van der Waals surface area contributed by atoms with E-state index in [2.05, 4.69) is 4.84 Å². The first-order valence-electron chi connectivity index (χ1n) is 3.56. The number of carboxylic acid groups (broad SMARTS) is 1. The molecule has 0 fully saturated rings. The molecular weight excluding hydrogens is 194 g/mol. The SMILES string of the molecule is CN(CC(N)=O)C(=O)NOCC(=O)O. The van der Waals surface area contributed by atoms with E-state index in [1.165, 1.54) is 7.05 Å². The van der Waals surface area contributed by atoms with E-state index >= 15 is 0 Å². The summed E-state index contributed by atoms with van der Waals surface area (Å²) in [4.78, 5) is 36.5. The summed E-state index contributed by atoms with van der Waals surface area (Å²) in [5.41, 5.74) is 6.63. The van der Waals surface area contributed by atoms with Crippen molar-refractivity contribution in [2.75, 3.05) is 20.2 Å². The second kappa shape index (κ2) is 5.75. The van der Waals surface area contributed by atoms with Gasteiger partial charge >= 0.3 is 12.0 Å². The van der Waals surface area contributed by atoms with Crippen LogP contribution in [0.25, 0.3) is 0 Å². The van der Waals surface area contributed by atoms with Crippen LogP contribution in [0.2, 0.25) is 0 Å². The van der Waals surface area contributed by atoms with Gasteiger partial charge in [0, 0.05) is 7.05 Å². The minimum absolute atomic E-state index is 0.276. The van der Waals surface area contributed by atoms with Gasteiger partial charge in [-0.25, -0.2) is 15.1 Å². The minimum atomic E-state index is -1.22. The lowest BCUT2D eigenvalue weighted by molar-refractivity contribution is -0.144. The molecule has 0 aliphatic heterocycles. The molecule has 0 heterocycles. The van der Waals surface area contributed by atoms with Crippen LogP contribution in [0.1, 0.15) is 0 Å². The second-order valence-electron chi connectivity index (χ2n) is 2.41. The van der Waals surface area contributed by atoms with Crippen molar-refractivity contribution in [3.63, 3.8) is 0 Å². The highest BCUT2D eigenvalue weighted by Crippen LogP contribution is 1.83. The van der Waals surface area contributed by atoms with Crippen molar-refractivity contribution in [1.82, 2.24) is 10.4 Å². The molecule has 0 atom stereocenters. The Morgan fingerprint density at radius 3 is 2.50 bits per heavy atom. The number of nitrogens with one attached hydrogen (secondary N) is 1. The zero-order chi connectivity index (χ0) is 11.1. The molecule has 0 aliphatic rings. The number of aliphatic carboxylic acids is 1. The fourth-order valence-corrected chi connectivity index (χ4v) is 0.543. The lowest BCUT2D eigenvalue weighted by Crippen LogP contribution is -2.42. The minimum Gasteiger partial charge on any atom is -0.479 e. The molecule has 0 bridgehead atoms. The molecule has 8 heteroatoms. The third kappa shape index (κ3) is 5.77. The summed E-state index contributed by atoms with van der Waals surface area (Å²) < 4.78 is 0. The van der Waals surface area contributed by atoms with Gasteiger partial charge in [-0.1, -0.05) is 0 Å². The van der Waals surface area contributed by atoms with Gasteiger partial charge in [-0.15, -0.1) is 0 Å². The van der Waals surface area contributed by atoms with E-state index < -0.39 is 24.5 Å². The summed E-state index contributed by atoms with van der Waals surface area (Å²) >= 11 is 0. The van der Waals surface area contributed by atoms with Crippen LogP contribution in [0.5, 0.6) is 0 Å². The van der Waals surface area contributed by atoms with Crippen LogP contribution in [0.3, 0.4) is 0 Å². The van der Waals surface area contributed by atoms with Gasteiger partial charge in [-0.05, 0) is 0 Å². The maximum Gasteiger partial charge on any atom is 0.341 e. The number of hydrogen-bond acceptors (Lipinski definition) is 4. The summed E-state index contributed by atoms with van der Waals surface area (Å²) in [6, 6.07) is -0.745. The average molecular weight is 205 g/mol. The molecule has 0 rings (SSSR count). The predicted molar refractivity (Wildman–Crippen MR) is 43.9 cm³/mol. The molecule has 0 spiro atoms. The molecule has 0 aromatic heterocycles. The Morgan fingerprint density at radius 2 is 2.07 bits per heavy atom. The Labute approximate surface area is 79.6 Å². The lowest BCUT2D eigenvalue weighted by atomic mass is 10.5. The number of urea groups is 1. The summed E-state index contributed by atoms with van der Waals surface area (Å²) in [5.74, 6) is -1.90. The van der Waals surface area contributed by atoms with E-state index in [9.17, 15) is 14.4 Å². The van der Waals surface area contributed by atoms with Gasteiger partial charge in [0.05, 0.1) is 0 Å². The molecular formula is C6H11N3O5. The number of nitrogens with two attached hydrogens (primary N) is 1. The third-order valence-electron chi connectivity index (χ3n) is 1.09. The highest BCUT2D eigenvalue weighted by Gasteiger charge is 2.10. The smallest absolute Gasteiger partial charge is 0.341 e. The number of primary amides is 1. The molecule has 3 amide bonds. The standard InChI is InChI=1S/C6H11N3O5/c1-9(2-4(7)10)6(13)8-14-3-5(11)12/h2-3H2,1H3,(H2,7,10)(H,8,13)(H,11,12). The van der Waals surface area contributed by atoms with E-state index in [0.717, 1.165) is 4.90 Å². The summed E-state index contributed by atoms with van der Waals surface area (Å²) in [7, 11) is 1.31. The highest BCUT2D eigenvalue weighted by molar-refractivity contribution is 5.82. The van der Waals surface area contributed by atoms with Crippen LogP contribution in [0.4, 0.5) is 4.79 Å². The van der Waals surface area contributed by atoms with Crippen molar-refractivity contribution in [1.29, 1.82) is 0 Å². The number of nitrogens with zero attached hydrogens (tertiary/aromatic N) is 1. The molecule has 0 aliphatic carbocycles. The van der Waals surface area contributed by atoms with E-state index in [1.54, 1.807) is 0 Å². The number of rotatable bonds is 5. The molecule has 4 N–H and O–H groups in total. The molecule has 0 unspecified atom stereocenters. The largest absolute Gasteiger partial charge is 0.479 e. The van der Waals surface area contributed by atoms with E-state index in [1.807, 2.05) is 5.48 Å². The number of carbonyl (C=O) groups excluding carboxylic acids is 2. The van der Waals surface area contributed by atoms with Crippen LogP contribution in [0, 0.1) is 0 Å². The number of hydrogen-bond donors (Lipinski definition) is 3. The maximum atomic E-state index is 10.9. The second-order valence-corrected chi connectivity index (χ2v) is 2.41. The summed E-state index contributed by atoms with van der Waals surface area (Å²) in [6.07, 6.45) is 0. The Morgan fingerprint density at radius 1 is 1.50 bits per heavy atom. The zero-order valence-electron chi connectivity index (χ0n) is 7.52. The van der Waals surface area contributed by atoms with Gasteiger partial charge in [0.1, 0.15) is 6.54 Å². The molecule has 0 aromatic rings. The molecule has 0 saturated heterocycles. The van der Waals surface area contributed by atoms with Crippen LogP contribution in [0.15, 0.2) is 0 Å². The van der Waals surface area contributed by atoms with Gasteiger partial charge in [0.25, 0.3) is 0 Å². The summed E-state index contributed by atoms with van der Waals surface area (Å²) in [6.45, 7) is -0.932. The number of amides is 3. The van der Waals surface area contributed by atoms with Crippen LogP contribution >= 0.6 is 0 Å². The van der Waals surface area contributed by atoms with Gasteiger partial charge in [-0.3, -0.25) is 9.63 Å². The van der Waals surface area contributed by atoms with E-state index in [4.69, 9.17) is 10.8 Å². The Hall–Kier alpha value is -1.83. The Bertz CT molecular complexity index is 242. The molecule has 0 aromatic carbocycles. The molecule has 0 saturated carbocycles. The highest BCUT2D eigenvalue weighted by atomic mass is 16.7. The number of carbonyl (C=O) groups is 3. The number of hydroxylamine groups is 1. The fraction of sp³-hybridized carbons (Fsp3) is 0.500. The first-order valence-corrected chi connectivity index (χ1v) is 3.56. The molecule has 80 valence electrons. The van der Waals surface area contributed by atoms with E-state index in [-0.39, 0.29) is 6.54 Å². The van der Waals surface area contributed by atoms with Crippen LogP contribution < -0.4 is 11.2 Å². The Balaban J connectivity index is 3.73. The average Bonchev–Trinajstić information content (AvgIpc) is 2.01. The topological polar surface area (TPSA) is 122 Å². The first kappa shape index (κ1) is 12.2. The molecule has 14 heavy (non-hydrogen) atoms. The van der Waals surface area contributed by atoms with Gasteiger partial charge in [0.2, 0.25) is 5.91 Å². The van der Waals surface area contributed by atoms with Crippen molar-refractivity contribution in [3.8, 4) is 0 Å². The van der Waals surface area contributed by atoms with Gasteiger partial charge in [-0.2, -0.15) is 0 Å². The van der Waals surface area contributed by atoms with E-state index in [0.29, 0.717) is 0 Å². The van der Waals surface area contributed by atoms with Crippen molar-refractivity contribution in [2.45, 2.75) is 0 Å². The van der Waals surface area contributed by atoms with Crippen LogP contribution in [-0.4, -0.2) is 48.1 Å². The van der Waals surface area contributed by atoms with Gasteiger partial charge < -0.3 is 15.7 Å². The molecule has 0 radical (unpaired) electrons.